The molecule has 0 aromatic rings. The molecule has 0 radical (unpaired) electrons. The first-order valence-electron chi connectivity index (χ1n) is 6.29. The molecule has 0 aromatic heterocycles. The van der Waals surface area contributed by atoms with E-state index in [0.717, 1.165) is 25.7 Å². The van der Waals surface area contributed by atoms with Crippen LogP contribution < -0.4 is 0 Å². The van der Waals surface area contributed by atoms with Crippen molar-refractivity contribution >= 4 is 10.0 Å². The smallest absolute Gasteiger partial charge is 0.214 e. The number of aliphatic hydroxyl groups is 2. The molecule has 0 spiro atoms. The summed E-state index contributed by atoms with van der Waals surface area (Å²) in [5, 5.41) is 17.7. The Morgan fingerprint density at radius 2 is 1.53 bits per heavy atom. The molecule has 0 aromatic carbocycles. The van der Waals surface area contributed by atoms with Crippen LogP contribution in [0, 0.1) is 5.92 Å². The highest BCUT2D eigenvalue weighted by Crippen LogP contribution is 2.25. The molecule has 0 atom stereocenters. The fourth-order valence-corrected chi connectivity index (χ4v) is 4.23. The Morgan fingerprint density at radius 1 is 1.00 bits per heavy atom. The van der Waals surface area contributed by atoms with E-state index in [1.807, 2.05) is 0 Å². The van der Waals surface area contributed by atoms with Gasteiger partial charge >= 0.3 is 0 Å². The quantitative estimate of drug-likeness (QED) is 0.688. The van der Waals surface area contributed by atoms with Crippen LogP contribution in [-0.4, -0.2) is 55.0 Å². The van der Waals surface area contributed by atoms with Gasteiger partial charge in [0.05, 0.1) is 19.0 Å². The molecule has 1 aliphatic rings. The van der Waals surface area contributed by atoms with Crippen molar-refractivity contribution in [2.24, 2.45) is 5.92 Å². The van der Waals surface area contributed by atoms with Gasteiger partial charge in [-0.05, 0) is 18.8 Å². The van der Waals surface area contributed by atoms with E-state index in [0.29, 0.717) is 0 Å². The molecule has 0 amide bonds. The van der Waals surface area contributed by atoms with Gasteiger partial charge < -0.3 is 10.2 Å². The normalized spacial score (nSPS) is 18.8. The van der Waals surface area contributed by atoms with Crippen molar-refractivity contribution in [3.63, 3.8) is 0 Å². The third-order valence-corrected chi connectivity index (χ3v) is 5.31. The highest BCUT2D eigenvalue weighted by molar-refractivity contribution is 7.89. The predicted molar refractivity (Wildman–Crippen MR) is 66.1 cm³/mol. The maximum absolute atomic E-state index is 12.1. The van der Waals surface area contributed by atoms with E-state index < -0.39 is 10.0 Å². The van der Waals surface area contributed by atoms with Crippen LogP contribution in [0.4, 0.5) is 0 Å². The van der Waals surface area contributed by atoms with Crippen molar-refractivity contribution < 1.29 is 18.6 Å². The molecule has 2 N–H and O–H groups in total. The van der Waals surface area contributed by atoms with Gasteiger partial charge in [-0.2, -0.15) is 4.31 Å². The molecule has 1 fully saturated rings. The third-order valence-electron chi connectivity index (χ3n) is 3.26. The Hall–Kier alpha value is -0.170. The second-order valence-electron chi connectivity index (χ2n) is 4.63. The maximum Gasteiger partial charge on any atom is 0.214 e. The van der Waals surface area contributed by atoms with Crippen LogP contribution in [0.15, 0.2) is 0 Å². The summed E-state index contributed by atoms with van der Waals surface area (Å²) >= 11 is 0. The van der Waals surface area contributed by atoms with Crippen LogP contribution >= 0.6 is 0 Å². The summed E-state index contributed by atoms with van der Waals surface area (Å²) in [6.07, 6.45) is 5.38. The fraction of sp³-hybridized carbons (Fsp3) is 1.00. The first-order chi connectivity index (χ1) is 8.10. The van der Waals surface area contributed by atoms with Gasteiger partial charge in [0, 0.05) is 13.1 Å². The van der Waals surface area contributed by atoms with Crippen LogP contribution in [0.25, 0.3) is 0 Å². The van der Waals surface area contributed by atoms with Gasteiger partial charge in [0.15, 0.2) is 0 Å². The summed E-state index contributed by atoms with van der Waals surface area (Å²) in [5.74, 6) is 0.404. The highest BCUT2D eigenvalue weighted by atomic mass is 32.2. The van der Waals surface area contributed by atoms with Gasteiger partial charge in [-0.1, -0.05) is 19.3 Å². The average molecular weight is 265 g/mol. The highest BCUT2D eigenvalue weighted by Gasteiger charge is 2.26. The third kappa shape index (κ3) is 4.91. The Bertz CT molecular complexity index is 293. The summed E-state index contributed by atoms with van der Waals surface area (Å²) in [5.41, 5.74) is 0. The predicted octanol–water partition coefficient (Wildman–Crippen LogP) is 0.183. The molecule has 1 rings (SSSR count). The second kappa shape index (κ2) is 7.31. The summed E-state index contributed by atoms with van der Waals surface area (Å²) in [7, 11) is -3.33. The summed E-state index contributed by atoms with van der Waals surface area (Å²) in [4.78, 5) is 0. The summed E-state index contributed by atoms with van der Waals surface area (Å²) in [6.45, 7) is -0.251. The number of hydrogen-bond donors (Lipinski definition) is 2. The standard InChI is InChI=1S/C11H23NO4S/c13-8-6-12(7-9-14)17(15,16)10-11-4-2-1-3-5-11/h11,13-14H,1-10H2. The minimum absolute atomic E-state index is 0.0790. The monoisotopic (exact) mass is 265 g/mol. The zero-order valence-corrected chi connectivity index (χ0v) is 11.0. The lowest BCUT2D eigenvalue weighted by atomic mass is 9.91. The largest absolute Gasteiger partial charge is 0.395 e. The van der Waals surface area contributed by atoms with Gasteiger partial charge in [0.25, 0.3) is 0 Å². The van der Waals surface area contributed by atoms with E-state index in [1.54, 1.807) is 0 Å². The molecule has 102 valence electrons. The lowest BCUT2D eigenvalue weighted by Gasteiger charge is -2.26. The van der Waals surface area contributed by atoms with Gasteiger partial charge in [-0.15, -0.1) is 0 Å². The van der Waals surface area contributed by atoms with Gasteiger partial charge in [0.1, 0.15) is 0 Å². The number of sulfonamides is 1. The molecule has 0 unspecified atom stereocenters. The number of nitrogens with zero attached hydrogens (tertiary/aromatic N) is 1. The Kier molecular flexibility index (Phi) is 6.40. The zero-order valence-electron chi connectivity index (χ0n) is 10.2. The first kappa shape index (κ1) is 14.9. The Balaban J connectivity index is 2.56. The van der Waals surface area contributed by atoms with Crippen molar-refractivity contribution in [2.75, 3.05) is 32.1 Å². The first-order valence-corrected chi connectivity index (χ1v) is 7.90. The van der Waals surface area contributed by atoms with E-state index in [2.05, 4.69) is 0 Å². The average Bonchev–Trinajstić information content (AvgIpc) is 2.29. The molecule has 5 nitrogen and oxygen atoms in total. The minimum Gasteiger partial charge on any atom is -0.395 e. The Labute approximate surface area is 103 Å². The number of aliphatic hydroxyl groups excluding tert-OH is 2. The molecule has 17 heavy (non-hydrogen) atoms. The van der Waals surface area contributed by atoms with Gasteiger partial charge in [-0.25, -0.2) is 8.42 Å². The zero-order chi connectivity index (χ0) is 12.7. The number of rotatable bonds is 7. The molecule has 1 saturated carbocycles. The minimum atomic E-state index is -3.33. The second-order valence-corrected chi connectivity index (χ2v) is 6.64. The lowest BCUT2D eigenvalue weighted by Crippen LogP contribution is -2.39. The molecule has 1 aliphatic carbocycles. The summed E-state index contributed by atoms with van der Waals surface area (Å²) < 4.78 is 25.4. The van der Waals surface area contributed by atoms with E-state index >= 15 is 0 Å². The fourth-order valence-electron chi connectivity index (χ4n) is 2.37. The topological polar surface area (TPSA) is 77.8 Å². The number of hydrogen-bond acceptors (Lipinski definition) is 4. The van der Waals surface area contributed by atoms with Crippen LogP contribution in [0.2, 0.25) is 0 Å². The van der Waals surface area contributed by atoms with Crippen molar-refractivity contribution in [1.82, 2.24) is 4.31 Å². The van der Waals surface area contributed by atoms with Crippen LogP contribution in [0.1, 0.15) is 32.1 Å². The lowest BCUT2D eigenvalue weighted by molar-refractivity contribution is 0.216. The van der Waals surface area contributed by atoms with Gasteiger partial charge in [-0.3, -0.25) is 0 Å². The van der Waals surface area contributed by atoms with Crippen molar-refractivity contribution in [1.29, 1.82) is 0 Å². The summed E-state index contributed by atoms with van der Waals surface area (Å²) in [6, 6.07) is 0. The maximum atomic E-state index is 12.1. The SMILES string of the molecule is O=S(=O)(CC1CCCCC1)N(CCO)CCO. The van der Waals surface area contributed by atoms with Crippen LogP contribution in [0.5, 0.6) is 0 Å². The van der Waals surface area contributed by atoms with Crippen molar-refractivity contribution in [2.45, 2.75) is 32.1 Å². The van der Waals surface area contributed by atoms with E-state index in [4.69, 9.17) is 10.2 Å². The molecule has 0 aliphatic heterocycles. The van der Waals surface area contributed by atoms with Crippen LogP contribution in [0.3, 0.4) is 0 Å². The Morgan fingerprint density at radius 3 is 2.00 bits per heavy atom. The van der Waals surface area contributed by atoms with Crippen molar-refractivity contribution in [3.05, 3.63) is 0 Å². The molecule has 6 heteroatoms. The van der Waals surface area contributed by atoms with Crippen LogP contribution in [-0.2, 0) is 10.0 Å². The molecule has 0 bridgehead atoms. The van der Waals surface area contributed by atoms with E-state index in [-0.39, 0.29) is 38.0 Å². The van der Waals surface area contributed by atoms with E-state index in [9.17, 15) is 8.42 Å². The van der Waals surface area contributed by atoms with E-state index in [1.165, 1.54) is 10.7 Å². The molecule has 0 heterocycles. The van der Waals surface area contributed by atoms with Crippen molar-refractivity contribution in [3.8, 4) is 0 Å². The molecular weight excluding hydrogens is 242 g/mol. The molecule has 0 saturated heterocycles. The van der Waals surface area contributed by atoms with Gasteiger partial charge in [0.2, 0.25) is 10.0 Å². The molecular formula is C11H23NO4S.